The molecule has 23 heavy (non-hydrogen) atoms. The number of hydrogen-bond donors (Lipinski definition) is 2. The fraction of sp³-hybridized carbons (Fsp3) is 0.375. The molecule has 7 heteroatoms. The Bertz CT molecular complexity index is 703. The largest absolute Gasteiger partial charge is 0.364 e. The van der Waals surface area contributed by atoms with Crippen molar-refractivity contribution in [3.05, 3.63) is 45.8 Å². The zero-order chi connectivity index (χ0) is 16.8. The number of hydrogen-bond acceptors (Lipinski definition) is 6. The van der Waals surface area contributed by atoms with E-state index in [1.54, 1.807) is 0 Å². The average molecular weight is 315 g/mol. The van der Waals surface area contributed by atoms with Gasteiger partial charge in [-0.15, -0.1) is 0 Å². The Kier molecular flexibility index (Phi) is 5.46. The molecule has 0 atom stereocenters. The molecule has 0 saturated carbocycles. The van der Waals surface area contributed by atoms with Crippen LogP contribution >= 0.6 is 0 Å². The smallest absolute Gasteiger partial charge is 0.353 e. The van der Waals surface area contributed by atoms with Crippen LogP contribution < -0.4 is 10.6 Å². The van der Waals surface area contributed by atoms with Crippen molar-refractivity contribution in [2.45, 2.75) is 33.6 Å². The SMILES string of the molecule is CCCCNc1ncnc(Nc2cc(C)ccc2C)c1[N+](=O)[O-]. The molecule has 1 heterocycles. The maximum atomic E-state index is 11.5. The molecule has 2 N–H and O–H groups in total. The Morgan fingerprint density at radius 2 is 1.96 bits per heavy atom. The maximum absolute atomic E-state index is 11.5. The van der Waals surface area contributed by atoms with Crippen LogP contribution in [0.25, 0.3) is 0 Å². The number of benzene rings is 1. The molecule has 0 radical (unpaired) electrons. The number of nitrogens with zero attached hydrogens (tertiary/aromatic N) is 3. The van der Waals surface area contributed by atoms with Crippen LogP contribution in [0.5, 0.6) is 0 Å². The molecule has 7 nitrogen and oxygen atoms in total. The monoisotopic (exact) mass is 315 g/mol. The van der Waals surface area contributed by atoms with Gasteiger partial charge >= 0.3 is 5.69 Å². The van der Waals surface area contributed by atoms with Gasteiger partial charge in [0, 0.05) is 12.2 Å². The zero-order valence-corrected chi connectivity index (χ0v) is 13.6. The van der Waals surface area contributed by atoms with E-state index >= 15 is 0 Å². The summed E-state index contributed by atoms with van der Waals surface area (Å²) in [5.41, 5.74) is 2.72. The van der Waals surface area contributed by atoms with Gasteiger partial charge in [0.05, 0.1) is 4.92 Å². The van der Waals surface area contributed by atoms with Gasteiger partial charge < -0.3 is 10.6 Å². The molecule has 0 aliphatic rings. The van der Waals surface area contributed by atoms with Gasteiger partial charge in [-0.3, -0.25) is 10.1 Å². The third kappa shape index (κ3) is 4.15. The lowest BCUT2D eigenvalue weighted by Gasteiger charge is -2.12. The van der Waals surface area contributed by atoms with Crippen LogP contribution in [-0.4, -0.2) is 21.4 Å². The predicted molar refractivity (Wildman–Crippen MR) is 91.3 cm³/mol. The van der Waals surface area contributed by atoms with Crippen LogP contribution in [0.4, 0.5) is 23.0 Å². The van der Waals surface area contributed by atoms with E-state index in [-0.39, 0.29) is 17.3 Å². The van der Waals surface area contributed by atoms with Gasteiger partial charge in [-0.2, -0.15) is 0 Å². The van der Waals surface area contributed by atoms with E-state index in [0.29, 0.717) is 6.54 Å². The molecule has 0 amide bonds. The lowest BCUT2D eigenvalue weighted by Crippen LogP contribution is -2.09. The quantitative estimate of drug-likeness (QED) is 0.456. The summed E-state index contributed by atoms with van der Waals surface area (Å²) in [6.07, 6.45) is 3.25. The van der Waals surface area contributed by atoms with Crippen molar-refractivity contribution in [3.8, 4) is 0 Å². The van der Waals surface area contributed by atoms with E-state index in [1.165, 1.54) is 6.33 Å². The van der Waals surface area contributed by atoms with Gasteiger partial charge in [0.25, 0.3) is 0 Å². The van der Waals surface area contributed by atoms with E-state index in [1.807, 2.05) is 32.0 Å². The average Bonchev–Trinajstić information content (AvgIpc) is 2.51. The zero-order valence-electron chi connectivity index (χ0n) is 13.6. The third-order valence-corrected chi connectivity index (χ3v) is 3.47. The highest BCUT2D eigenvalue weighted by atomic mass is 16.6. The van der Waals surface area contributed by atoms with Crippen molar-refractivity contribution in [1.82, 2.24) is 9.97 Å². The highest BCUT2D eigenvalue weighted by Gasteiger charge is 2.23. The van der Waals surface area contributed by atoms with Crippen LogP contribution in [0.3, 0.4) is 0 Å². The minimum Gasteiger partial charge on any atom is -0.364 e. The van der Waals surface area contributed by atoms with Crippen LogP contribution in [0.1, 0.15) is 30.9 Å². The van der Waals surface area contributed by atoms with Gasteiger partial charge in [-0.25, -0.2) is 9.97 Å². The van der Waals surface area contributed by atoms with Crippen LogP contribution in [0.2, 0.25) is 0 Å². The highest BCUT2D eigenvalue weighted by Crippen LogP contribution is 2.32. The van der Waals surface area contributed by atoms with Crippen molar-refractivity contribution in [2.24, 2.45) is 0 Å². The van der Waals surface area contributed by atoms with E-state index in [4.69, 9.17) is 0 Å². The van der Waals surface area contributed by atoms with E-state index in [0.717, 1.165) is 29.7 Å². The number of aryl methyl sites for hydroxylation is 2. The minimum absolute atomic E-state index is 0.135. The first kappa shape index (κ1) is 16.7. The van der Waals surface area contributed by atoms with E-state index in [2.05, 4.69) is 27.5 Å². The summed E-state index contributed by atoms with van der Waals surface area (Å²) in [5, 5.41) is 17.5. The predicted octanol–water partition coefficient (Wildman–Crippen LogP) is 3.96. The molecule has 0 fully saturated rings. The summed E-state index contributed by atoms with van der Waals surface area (Å²) in [4.78, 5) is 19.1. The maximum Gasteiger partial charge on any atom is 0.353 e. The number of nitro groups is 1. The second-order valence-corrected chi connectivity index (χ2v) is 5.40. The van der Waals surface area contributed by atoms with Crippen LogP contribution in [0, 0.1) is 24.0 Å². The standard InChI is InChI=1S/C16H21N5O2/c1-4-5-8-17-15-14(21(22)23)16(19-10-18-15)20-13-9-11(2)6-7-12(13)3/h6-7,9-10H,4-5,8H2,1-3H3,(H2,17,18,19,20). The molecular formula is C16H21N5O2. The van der Waals surface area contributed by atoms with Crippen molar-refractivity contribution < 1.29 is 4.92 Å². The fourth-order valence-electron chi connectivity index (χ4n) is 2.15. The first-order chi connectivity index (χ1) is 11.0. The van der Waals surface area contributed by atoms with Gasteiger partial charge in [0.15, 0.2) is 0 Å². The first-order valence-electron chi connectivity index (χ1n) is 7.60. The van der Waals surface area contributed by atoms with Gasteiger partial charge in [0.2, 0.25) is 11.6 Å². The molecule has 0 unspecified atom stereocenters. The number of unbranched alkanes of at least 4 members (excludes halogenated alkanes) is 1. The molecule has 0 aliphatic carbocycles. The van der Waals surface area contributed by atoms with Gasteiger partial charge in [-0.1, -0.05) is 25.5 Å². The highest BCUT2D eigenvalue weighted by molar-refractivity contribution is 5.74. The number of anilines is 3. The fourth-order valence-corrected chi connectivity index (χ4v) is 2.15. The second kappa shape index (κ2) is 7.53. The Morgan fingerprint density at radius 1 is 1.22 bits per heavy atom. The molecule has 122 valence electrons. The Hall–Kier alpha value is -2.70. The molecule has 2 rings (SSSR count). The van der Waals surface area contributed by atoms with Gasteiger partial charge in [0.1, 0.15) is 6.33 Å². The van der Waals surface area contributed by atoms with Crippen molar-refractivity contribution >= 4 is 23.0 Å². The Balaban J connectivity index is 2.35. The first-order valence-corrected chi connectivity index (χ1v) is 7.60. The Morgan fingerprint density at radius 3 is 2.65 bits per heavy atom. The van der Waals surface area contributed by atoms with Gasteiger partial charge in [-0.05, 0) is 37.5 Å². The van der Waals surface area contributed by atoms with Crippen LogP contribution in [0.15, 0.2) is 24.5 Å². The lowest BCUT2D eigenvalue weighted by molar-refractivity contribution is -0.383. The molecule has 0 spiro atoms. The molecule has 0 bridgehead atoms. The number of nitrogens with one attached hydrogen (secondary N) is 2. The molecule has 2 aromatic rings. The normalized spacial score (nSPS) is 10.4. The lowest BCUT2D eigenvalue weighted by atomic mass is 10.1. The van der Waals surface area contributed by atoms with Crippen LogP contribution in [-0.2, 0) is 0 Å². The summed E-state index contributed by atoms with van der Waals surface area (Å²) in [6.45, 7) is 6.60. The minimum atomic E-state index is -0.457. The summed E-state index contributed by atoms with van der Waals surface area (Å²) in [5.74, 6) is 0.434. The molecule has 1 aromatic carbocycles. The molecular weight excluding hydrogens is 294 g/mol. The number of aromatic nitrogens is 2. The summed E-state index contributed by atoms with van der Waals surface area (Å²) >= 11 is 0. The summed E-state index contributed by atoms with van der Waals surface area (Å²) in [6, 6.07) is 5.89. The van der Waals surface area contributed by atoms with E-state index < -0.39 is 4.92 Å². The molecule has 0 aliphatic heterocycles. The summed E-state index contributed by atoms with van der Waals surface area (Å²) in [7, 11) is 0. The van der Waals surface area contributed by atoms with Crippen molar-refractivity contribution in [3.63, 3.8) is 0 Å². The Labute approximate surface area is 135 Å². The topological polar surface area (TPSA) is 93.0 Å². The molecule has 0 saturated heterocycles. The van der Waals surface area contributed by atoms with Crippen molar-refractivity contribution in [1.29, 1.82) is 0 Å². The summed E-state index contributed by atoms with van der Waals surface area (Å²) < 4.78 is 0. The second-order valence-electron chi connectivity index (χ2n) is 5.40. The number of rotatable bonds is 7. The van der Waals surface area contributed by atoms with Crippen molar-refractivity contribution in [2.75, 3.05) is 17.2 Å². The molecule has 1 aromatic heterocycles. The third-order valence-electron chi connectivity index (χ3n) is 3.47. The van der Waals surface area contributed by atoms with E-state index in [9.17, 15) is 10.1 Å².